The Morgan fingerprint density at radius 1 is 1.17 bits per heavy atom. The van der Waals surface area contributed by atoms with E-state index in [2.05, 4.69) is 31.2 Å². The highest BCUT2D eigenvalue weighted by atomic mass is 32.1. The lowest BCUT2D eigenvalue weighted by molar-refractivity contribution is 0.101. The summed E-state index contributed by atoms with van der Waals surface area (Å²) in [7, 11) is 0. The van der Waals surface area contributed by atoms with Crippen molar-refractivity contribution in [2.75, 3.05) is 23.3 Å². The largest absolute Gasteiger partial charge is 0.472 e. The minimum absolute atomic E-state index is 0.141. The average Bonchev–Trinajstić information content (AvgIpc) is 3.15. The number of hydrogen-bond donors (Lipinski definition) is 2. The highest BCUT2D eigenvalue weighted by molar-refractivity contribution is 7.22. The molecule has 1 saturated carbocycles. The lowest BCUT2D eigenvalue weighted by Crippen LogP contribution is -2.43. The summed E-state index contributed by atoms with van der Waals surface area (Å²) in [5.74, 6) is 1.81. The Balaban J connectivity index is 1.17. The average molecular weight is 426 g/mol. The molecule has 1 aromatic carbocycles. The fraction of sp³-hybridized carbons (Fsp3) is 0.500. The van der Waals surface area contributed by atoms with Crippen LogP contribution in [0.4, 0.5) is 10.9 Å². The minimum atomic E-state index is -0.250. The van der Waals surface area contributed by atoms with Crippen LogP contribution in [0.1, 0.15) is 32.6 Å². The van der Waals surface area contributed by atoms with Gasteiger partial charge < -0.3 is 20.1 Å². The first-order chi connectivity index (χ1) is 14.7. The Morgan fingerprint density at radius 3 is 2.70 bits per heavy atom. The zero-order valence-corrected chi connectivity index (χ0v) is 17.9. The van der Waals surface area contributed by atoms with Gasteiger partial charge in [-0.05, 0) is 37.8 Å². The van der Waals surface area contributed by atoms with Crippen LogP contribution in [0.5, 0.6) is 5.88 Å². The predicted molar refractivity (Wildman–Crippen MR) is 119 cm³/mol. The van der Waals surface area contributed by atoms with Crippen molar-refractivity contribution in [3.8, 4) is 5.88 Å². The highest BCUT2D eigenvalue weighted by Crippen LogP contribution is 2.34. The number of nitrogens with one attached hydrogen (secondary N) is 1. The molecular formula is C22H27N5O2S. The molecular weight excluding hydrogens is 398 g/mol. The van der Waals surface area contributed by atoms with Crippen LogP contribution in [0.3, 0.4) is 0 Å². The standard InChI is InChI=1S/C22H27N5O2S/c1-14(28)15-6-10-27(11-7-15)20-21(24-9-8-23-20)29-17-12-16(13-17)25-22-26-18-4-2-3-5-19(18)30-22/h2-5,8-9,14-17,28H,6-7,10-13H2,1H3,(H,25,26)/t14?,16-,17-. The SMILES string of the molecule is CC(O)C1CCN(c2nccnc2O[C@H]2C[C@H](Nc3nc4ccccc4s3)C2)CC1. The molecule has 0 bridgehead atoms. The smallest absolute Gasteiger partial charge is 0.257 e. The molecule has 1 atom stereocenters. The van der Waals surface area contributed by atoms with Gasteiger partial charge in [0.15, 0.2) is 10.9 Å². The van der Waals surface area contributed by atoms with Crippen LogP contribution in [-0.2, 0) is 0 Å². The number of rotatable bonds is 6. The second-order valence-electron chi connectivity index (χ2n) is 8.29. The first-order valence-electron chi connectivity index (χ1n) is 10.7. The van der Waals surface area contributed by atoms with E-state index in [9.17, 15) is 5.11 Å². The lowest BCUT2D eigenvalue weighted by Gasteiger charge is -2.37. The van der Waals surface area contributed by atoms with Crippen LogP contribution in [0.25, 0.3) is 10.2 Å². The summed E-state index contributed by atoms with van der Waals surface area (Å²) in [6.45, 7) is 3.63. The van der Waals surface area contributed by atoms with Crippen LogP contribution in [0.2, 0.25) is 0 Å². The second-order valence-corrected chi connectivity index (χ2v) is 9.32. The van der Waals surface area contributed by atoms with Crippen molar-refractivity contribution in [3.05, 3.63) is 36.7 Å². The molecule has 1 unspecified atom stereocenters. The van der Waals surface area contributed by atoms with Crippen LogP contribution in [0, 0.1) is 5.92 Å². The van der Waals surface area contributed by atoms with Crippen molar-refractivity contribution in [2.45, 2.75) is 50.9 Å². The lowest BCUT2D eigenvalue weighted by atomic mass is 9.89. The summed E-state index contributed by atoms with van der Waals surface area (Å²) in [5.41, 5.74) is 1.04. The van der Waals surface area contributed by atoms with Gasteiger partial charge in [-0.1, -0.05) is 23.5 Å². The van der Waals surface area contributed by atoms with E-state index in [-0.39, 0.29) is 12.2 Å². The zero-order valence-electron chi connectivity index (χ0n) is 17.1. The summed E-state index contributed by atoms with van der Waals surface area (Å²) >= 11 is 1.69. The molecule has 2 aliphatic rings. The number of aliphatic hydroxyl groups excluding tert-OH is 1. The maximum Gasteiger partial charge on any atom is 0.257 e. The van der Waals surface area contributed by atoms with Crippen molar-refractivity contribution in [2.24, 2.45) is 5.92 Å². The van der Waals surface area contributed by atoms with Crippen molar-refractivity contribution >= 4 is 32.5 Å². The Kier molecular flexibility index (Phi) is 5.43. The molecule has 2 N–H and O–H groups in total. The van der Waals surface area contributed by atoms with Gasteiger partial charge in [0.1, 0.15) is 6.10 Å². The summed E-state index contributed by atoms with van der Waals surface area (Å²) in [6, 6.07) is 8.58. The number of benzene rings is 1. The number of aromatic nitrogens is 3. The Hall–Kier alpha value is -2.45. The van der Waals surface area contributed by atoms with Gasteiger partial charge in [-0.25, -0.2) is 15.0 Å². The number of anilines is 2. The Bertz CT molecular complexity index is 963. The summed E-state index contributed by atoms with van der Waals surface area (Å²) in [5, 5.41) is 14.3. The molecule has 5 rings (SSSR count). The number of piperidine rings is 1. The van der Waals surface area contributed by atoms with E-state index < -0.39 is 0 Å². The van der Waals surface area contributed by atoms with Crippen molar-refractivity contribution in [1.82, 2.24) is 15.0 Å². The van der Waals surface area contributed by atoms with Gasteiger partial charge in [0.25, 0.3) is 5.88 Å². The molecule has 158 valence electrons. The molecule has 1 aliphatic carbocycles. The monoisotopic (exact) mass is 425 g/mol. The predicted octanol–water partition coefficient (Wildman–Crippen LogP) is 3.71. The maximum atomic E-state index is 9.84. The fourth-order valence-electron chi connectivity index (χ4n) is 4.26. The molecule has 3 heterocycles. The third-order valence-electron chi connectivity index (χ3n) is 6.16. The maximum absolute atomic E-state index is 9.84. The van der Waals surface area contributed by atoms with E-state index >= 15 is 0 Å². The van der Waals surface area contributed by atoms with Crippen molar-refractivity contribution in [1.29, 1.82) is 0 Å². The number of thiazole rings is 1. The molecule has 30 heavy (non-hydrogen) atoms. The number of nitrogens with zero attached hydrogens (tertiary/aromatic N) is 4. The second kappa shape index (κ2) is 8.35. The summed E-state index contributed by atoms with van der Waals surface area (Å²) < 4.78 is 7.42. The number of ether oxygens (including phenoxy) is 1. The van der Waals surface area contributed by atoms with E-state index in [4.69, 9.17) is 4.74 Å². The van der Waals surface area contributed by atoms with E-state index in [0.717, 1.165) is 55.2 Å². The number of hydrogen-bond acceptors (Lipinski definition) is 8. The van der Waals surface area contributed by atoms with E-state index in [1.54, 1.807) is 23.7 Å². The van der Waals surface area contributed by atoms with Crippen LogP contribution in [0.15, 0.2) is 36.7 Å². The third kappa shape index (κ3) is 4.06. The zero-order chi connectivity index (χ0) is 20.5. The normalized spacial score (nSPS) is 23.2. The van der Waals surface area contributed by atoms with Gasteiger partial charge in [-0.2, -0.15) is 0 Å². The summed E-state index contributed by atoms with van der Waals surface area (Å²) in [6.07, 6.45) is 7.09. The molecule has 0 spiro atoms. The molecule has 7 nitrogen and oxygen atoms in total. The van der Waals surface area contributed by atoms with E-state index in [0.29, 0.717) is 17.8 Å². The molecule has 2 aromatic heterocycles. The molecule has 0 radical (unpaired) electrons. The van der Waals surface area contributed by atoms with Gasteiger partial charge >= 0.3 is 0 Å². The van der Waals surface area contributed by atoms with Gasteiger partial charge in [-0.3, -0.25) is 0 Å². The highest BCUT2D eigenvalue weighted by Gasteiger charge is 2.33. The van der Waals surface area contributed by atoms with E-state index in [1.807, 2.05) is 25.1 Å². The van der Waals surface area contributed by atoms with Crippen LogP contribution < -0.4 is 15.0 Å². The van der Waals surface area contributed by atoms with Crippen molar-refractivity contribution in [3.63, 3.8) is 0 Å². The first kappa shape index (κ1) is 19.5. The van der Waals surface area contributed by atoms with Crippen LogP contribution >= 0.6 is 11.3 Å². The number of aliphatic hydroxyl groups is 1. The Labute approximate surface area is 180 Å². The van der Waals surface area contributed by atoms with Crippen LogP contribution in [-0.4, -0.2) is 51.4 Å². The molecule has 1 aliphatic heterocycles. The number of para-hydroxylation sites is 1. The van der Waals surface area contributed by atoms with Gasteiger partial charge in [-0.15, -0.1) is 0 Å². The molecule has 2 fully saturated rings. The van der Waals surface area contributed by atoms with Crippen molar-refractivity contribution < 1.29 is 9.84 Å². The molecule has 0 amide bonds. The van der Waals surface area contributed by atoms with E-state index in [1.165, 1.54) is 4.70 Å². The molecule has 3 aromatic rings. The number of fused-ring (bicyclic) bond motifs is 1. The fourth-order valence-corrected chi connectivity index (χ4v) is 5.20. The Morgan fingerprint density at radius 2 is 1.93 bits per heavy atom. The van der Waals surface area contributed by atoms with Gasteiger partial charge in [0.2, 0.25) is 0 Å². The summed E-state index contributed by atoms with van der Waals surface area (Å²) in [4.78, 5) is 15.9. The first-order valence-corrected chi connectivity index (χ1v) is 11.5. The molecule has 1 saturated heterocycles. The minimum Gasteiger partial charge on any atom is -0.472 e. The third-order valence-corrected chi connectivity index (χ3v) is 7.13. The van der Waals surface area contributed by atoms with Gasteiger partial charge in [0, 0.05) is 44.4 Å². The molecule has 8 heteroatoms. The topological polar surface area (TPSA) is 83.4 Å². The van der Waals surface area contributed by atoms with Gasteiger partial charge in [0.05, 0.1) is 16.3 Å². The quantitative estimate of drug-likeness (QED) is 0.623.